The van der Waals surface area contributed by atoms with Gasteiger partial charge in [-0.1, -0.05) is 23.4 Å². The molecule has 7 nitrogen and oxygen atoms in total. The van der Waals surface area contributed by atoms with E-state index in [0.717, 1.165) is 67.1 Å². The average molecular weight is 392 g/mol. The summed E-state index contributed by atoms with van der Waals surface area (Å²) < 4.78 is 10.7. The van der Waals surface area contributed by atoms with Crippen molar-refractivity contribution in [1.82, 2.24) is 15.1 Å². The number of rotatable bonds is 5. The number of carbonyl (C=O) groups is 1. The topological polar surface area (TPSA) is 81.4 Å². The van der Waals surface area contributed by atoms with E-state index in [0.29, 0.717) is 24.0 Å². The maximum Gasteiger partial charge on any atom is 0.341 e. The van der Waals surface area contributed by atoms with Gasteiger partial charge in [-0.25, -0.2) is 4.79 Å². The van der Waals surface area contributed by atoms with Crippen LogP contribution >= 0.6 is 0 Å². The van der Waals surface area contributed by atoms with Crippen molar-refractivity contribution in [2.75, 3.05) is 24.6 Å². The SMILES string of the molecule is CCOC(=O)c1cnc2ccccc2c1N1CCC(c2noc(C3CC3)n2)CC1. The van der Waals surface area contributed by atoms with Crippen molar-refractivity contribution in [2.45, 2.75) is 44.4 Å². The Morgan fingerprint density at radius 2 is 1.97 bits per heavy atom. The molecule has 0 amide bonds. The summed E-state index contributed by atoms with van der Waals surface area (Å²) in [6, 6.07) is 7.93. The van der Waals surface area contributed by atoms with Gasteiger partial charge in [0.05, 0.1) is 17.8 Å². The summed E-state index contributed by atoms with van der Waals surface area (Å²) in [7, 11) is 0. The largest absolute Gasteiger partial charge is 0.462 e. The predicted molar refractivity (Wildman–Crippen MR) is 108 cm³/mol. The fourth-order valence-corrected chi connectivity index (χ4v) is 4.10. The number of nitrogens with zero attached hydrogens (tertiary/aromatic N) is 4. The quantitative estimate of drug-likeness (QED) is 0.606. The van der Waals surface area contributed by atoms with Crippen LogP contribution in [0.2, 0.25) is 0 Å². The van der Waals surface area contributed by atoms with Crippen LogP contribution in [0.4, 0.5) is 5.69 Å². The molecule has 0 spiro atoms. The number of pyridine rings is 1. The number of fused-ring (bicyclic) bond motifs is 1. The van der Waals surface area contributed by atoms with Crippen molar-refractivity contribution in [3.05, 3.63) is 47.7 Å². The minimum absolute atomic E-state index is 0.293. The molecule has 29 heavy (non-hydrogen) atoms. The maximum absolute atomic E-state index is 12.6. The Morgan fingerprint density at radius 3 is 2.72 bits per heavy atom. The predicted octanol–water partition coefficient (Wildman–Crippen LogP) is 4.06. The molecule has 1 aliphatic heterocycles. The monoisotopic (exact) mass is 392 g/mol. The Kier molecular flexibility index (Phi) is 4.66. The molecular formula is C22H24N4O3. The molecule has 2 fully saturated rings. The maximum atomic E-state index is 12.6. The lowest BCUT2D eigenvalue weighted by Gasteiger charge is -2.34. The van der Waals surface area contributed by atoms with E-state index in [9.17, 15) is 4.79 Å². The van der Waals surface area contributed by atoms with Gasteiger partial charge in [0, 0.05) is 36.5 Å². The van der Waals surface area contributed by atoms with Crippen LogP contribution in [0, 0.1) is 0 Å². The molecule has 1 aromatic carbocycles. The number of hydrogen-bond donors (Lipinski definition) is 0. The molecule has 0 unspecified atom stereocenters. The highest BCUT2D eigenvalue weighted by Crippen LogP contribution is 2.40. The van der Waals surface area contributed by atoms with Crippen molar-refractivity contribution in [2.24, 2.45) is 0 Å². The van der Waals surface area contributed by atoms with Crippen LogP contribution in [0.5, 0.6) is 0 Å². The Hall–Kier alpha value is -2.96. The van der Waals surface area contributed by atoms with Crippen LogP contribution in [-0.4, -0.2) is 40.8 Å². The van der Waals surface area contributed by atoms with Crippen molar-refractivity contribution < 1.29 is 14.1 Å². The minimum atomic E-state index is -0.324. The number of esters is 1. The molecule has 0 bridgehead atoms. The summed E-state index contributed by atoms with van der Waals surface area (Å²) in [5.41, 5.74) is 2.32. The molecule has 0 N–H and O–H groups in total. The van der Waals surface area contributed by atoms with Gasteiger partial charge in [0.1, 0.15) is 5.56 Å². The summed E-state index contributed by atoms with van der Waals surface area (Å²) in [6.45, 7) is 3.80. The second-order valence-electron chi connectivity index (χ2n) is 7.78. The molecule has 2 aliphatic rings. The molecule has 1 aliphatic carbocycles. The first kappa shape index (κ1) is 18.1. The zero-order chi connectivity index (χ0) is 19.8. The van der Waals surface area contributed by atoms with Gasteiger partial charge in [0.15, 0.2) is 5.82 Å². The van der Waals surface area contributed by atoms with Crippen molar-refractivity contribution in [1.29, 1.82) is 0 Å². The Labute approximate surface area is 169 Å². The van der Waals surface area contributed by atoms with Crippen LogP contribution in [0.3, 0.4) is 0 Å². The molecule has 2 aromatic heterocycles. The Morgan fingerprint density at radius 1 is 1.17 bits per heavy atom. The van der Waals surface area contributed by atoms with Crippen LogP contribution in [0.1, 0.15) is 66.5 Å². The molecule has 3 heterocycles. The van der Waals surface area contributed by atoms with Gasteiger partial charge in [-0.15, -0.1) is 0 Å². The van der Waals surface area contributed by atoms with Crippen LogP contribution in [0.15, 0.2) is 35.0 Å². The Bertz CT molecular complexity index is 1040. The number of anilines is 1. The average Bonchev–Trinajstić information content (AvgIpc) is 3.50. The van der Waals surface area contributed by atoms with E-state index in [2.05, 4.69) is 20.0 Å². The number of hydrogen-bond acceptors (Lipinski definition) is 7. The zero-order valence-corrected chi connectivity index (χ0v) is 16.5. The lowest BCUT2D eigenvalue weighted by atomic mass is 9.94. The molecule has 0 radical (unpaired) electrons. The number of ether oxygens (including phenoxy) is 1. The molecule has 3 aromatic rings. The first-order valence-corrected chi connectivity index (χ1v) is 10.4. The van der Waals surface area contributed by atoms with E-state index < -0.39 is 0 Å². The van der Waals surface area contributed by atoms with Crippen LogP contribution < -0.4 is 4.90 Å². The third kappa shape index (κ3) is 3.45. The highest BCUT2D eigenvalue weighted by atomic mass is 16.5. The number of aromatic nitrogens is 3. The molecule has 1 saturated carbocycles. The molecule has 1 saturated heterocycles. The van der Waals surface area contributed by atoms with E-state index in [1.54, 1.807) is 6.20 Å². The lowest BCUT2D eigenvalue weighted by molar-refractivity contribution is 0.0526. The van der Waals surface area contributed by atoms with Crippen LogP contribution in [-0.2, 0) is 4.74 Å². The summed E-state index contributed by atoms with van der Waals surface area (Å²) in [4.78, 5) is 24.0. The van der Waals surface area contributed by atoms with Gasteiger partial charge in [0.2, 0.25) is 5.89 Å². The summed E-state index contributed by atoms with van der Waals surface area (Å²) in [6.07, 6.45) is 5.80. The molecule has 7 heteroatoms. The molecular weight excluding hydrogens is 368 g/mol. The third-order valence-electron chi connectivity index (χ3n) is 5.80. The van der Waals surface area contributed by atoms with Gasteiger partial charge in [-0.3, -0.25) is 4.98 Å². The second kappa shape index (κ2) is 7.46. The van der Waals surface area contributed by atoms with Gasteiger partial charge in [-0.05, 0) is 38.7 Å². The summed E-state index contributed by atoms with van der Waals surface area (Å²) in [5, 5.41) is 5.21. The smallest absolute Gasteiger partial charge is 0.341 e. The van der Waals surface area contributed by atoms with Crippen LogP contribution in [0.25, 0.3) is 10.9 Å². The number of carbonyl (C=O) groups excluding carboxylic acids is 1. The molecule has 5 rings (SSSR count). The van der Waals surface area contributed by atoms with Gasteiger partial charge in [-0.2, -0.15) is 4.98 Å². The lowest BCUT2D eigenvalue weighted by Crippen LogP contribution is -2.34. The van der Waals surface area contributed by atoms with E-state index in [-0.39, 0.29) is 5.97 Å². The molecule has 0 atom stereocenters. The van der Waals surface area contributed by atoms with E-state index in [4.69, 9.17) is 9.26 Å². The van der Waals surface area contributed by atoms with Crippen molar-refractivity contribution >= 4 is 22.6 Å². The van der Waals surface area contributed by atoms with Crippen molar-refractivity contribution in [3.63, 3.8) is 0 Å². The third-order valence-corrected chi connectivity index (χ3v) is 5.80. The van der Waals surface area contributed by atoms with Gasteiger partial charge in [0.25, 0.3) is 0 Å². The first-order chi connectivity index (χ1) is 14.2. The summed E-state index contributed by atoms with van der Waals surface area (Å²) in [5.74, 6) is 2.08. The zero-order valence-electron chi connectivity index (χ0n) is 16.5. The van der Waals surface area contributed by atoms with Gasteiger partial charge < -0.3 is 14.2 Å². The fourth-order valence-electron chi connectivity index (χ4n) is 4.10. The fraction of sp³-hybridized carbons (Fsp3) is 0.455. The minimum Gasteiger partial charge on any atom is -0.462 e. The number of piperidine rings is 1. The highest BCUT2D eigenvalue weighted by Gasteiger charge is 2.32. The standard InChI is InChI=1S/C22H24N4O3/c1-2-28-22(27)17-13-23-18-6-4-3-5-16(18)19(17)26-11-9-14(10-12-26)20-24-21(29-25-20)15-7-8-15/h3-6,13-15H,2,7-12H2,1H3. The van der Waals surface area contributed by atoms with Gasteiger partial charge >= 0.3 is 5.97 Å². The van der Waals surface area contributed by atoms with E-state index in [1.807, 2.05) is 31.2 Å². The summed E-state index contributed by atoms with van der Waals surface area (Å²) >= 11 is 0. The van der Waals surface area contributed by atoms with E-state index in [1.165, 1.54) is 0 Å². The van der Waals surface area contributed by atoms with Crippen molar-refractivity contribution in [3.8, 4) is 0 Å². The number of benzene rings is 1. The van der Waals surface area contributed by atoms with E-state index >= 15 is 0 Å². The highest BCUT2D eigenvalue weighted by molar-refractivity contribution is 6.05. The normalized spacial score (nSPS) is 17.6. The second-order valence-corrected chi connectivity index (χ2v) is 7.78. The molecule has 150 valence electrons. The first-order valence-electron chi connectivity index (χ1n) is 10.4. The Balaban J connectivity index is 1.41. The number of para-hydroxylation sites is 1.